The first-order chi connectivity index (χ1) is 7.34. The fourth-order valence-corrected chi connectivity index (χ4v) is 1.56. The van der Waals surface area contributed by atoms with Crippen molar-refractivity contribution in [3.05, 3.63) is 33.8 Å². The minimum atomic E-state index is -4.42. The van der Waals surface area contributed by atoms with Crippen molar-refractivity contribution in [2.45, 2.75) is 12.6 Å². The van der Waals surface area contributed by atoms with Gasteiger partial charge in [0.25, 0.3) is 0 Å². The Bertz CT molecular complexity index is 366. The second-order valence-electron chi connectivity index (χ2n) is 3.37. The minimum Gasteiger partial charge on any atom is -0.396 e. The Hall–Kier alpha value is -0.450. The molecule has 1 aromatic rings. The van der Waals surface area contributed by atoms with Gasteiger partial charge in [-0.1, -0.05) is 29.3 Å². The Morgan fingerprint density at radius 3 is 2.25 bits per heavy atom. The second kappa shape index (κ2) is 5.25. The van der Waals surface area contributed by atoms with Crippen molar-refractivity contribution in [2.24, 2.45) is 5.92 Å². The first-order valence-corrected chi connectivity index (χ1v) is 5.21. The van der Waals surface area contributed by atoms with Gasteiger partial charge in [0.15, 0.2) is 0 Å². The molecule has 0 aliphatic carbocycles. The normalized spacial score (nSPS) is 13.9. The van der Waals surface area contributed by atoms with Crippen molar-refractivity contribution in [3.63, 3.8) is 0 Å². The summed E-state index contributed by atoms with van der Waals surface area (Å²) >= 11 is 11.3. The Morgan fingerprint density at radius 2 is 1.81 bits per heavy atom. The molecule has 0 amide bonds. The third kappa shape index (κ3) is 3.54. The number of halogens is 5. The molecule has 0 bridgehead atoms. The first kappa shape index (κ1) is 13.6. The lowest BCUT2D eigenvalue weighted by Gasteiger charge is -2.17. The predicted octanol–water partition coefficient (Wildman–Crippen LogP) is 3.71. The molecule has 0 spiro atoms. The molecule has 1 rings (SSSR count). The van der Waals surface area contributed by atoms with Crippen LogP contribution >= 0.6 is 23.2 Å². The van der Waals surface area contributed by atoms with Gasteiger partial charge < -0.3 is 5.11 Å². The van der Waals surface area contributed by atoms with E-state index in [2.05, 4.69) is 0 Å². The fraction of sp³-hybridized carbons (Fsp3) is 0.400. The van der Waals surface area contributed by atoms with Gasteiger partial charge in [-0.05, 0) is 24.1 Å². The van der Waals surface area contributed by atoms with Crippen molar-refractivity contribution in [1.82, 2.24) is 0 Å². The van der Waals surface area contributed by atoms with E-state index in [1.165, 1.54) is 18.2 Å². The zero-order chi connectivity index (χ0) is 12.3. The number of alkyl halides is 3. The van der Waals surface area contributed by atoms with E-state index in [1.54, 1.807) is 0 Å². The third-order valence-corrected chi connectivity index (χ3v) is 2.89. The van der Waals surface area contributed by atoms with Gasteiger partial charge in [0.2, 0.25) is 0 Å². The lowest BCUT2D eigenvalue weighted by atomic mass is 10.00. The molecular formula is C10H9Cl2F3O. The van der Waals surface area contributed by atoms with E-state index in [1.807, 2.05) is 0 Å². The van der Waals surface area contributed by atoms with Crippen LogP contribution in [0.1, 0.15) is 5.56 Å². The van der Waals surface area contributed by atoms with Gasteiger partial charge in [-0.2, -0.15) is 13.2 Å². The van der Waals surface area contributed by atoms with E-state index >= 15 is 0 Å². The Kier molecular flexibility index (Phi) is 4.47. The minimum absolute atomic E-state index is 0.207. The topological polar surface area (TPSA) is 20.2 Å². The lowest BCUT2D eigenvalue weighted by Crippen LogP contribution is -2.28. The standard InChI is InChI=1S/C10H9Cl2F3O/c11-8-2-1-6(4-9(8)12)3-7(5-16)10(13,14)15/h1-2,4,7,16H,3,5H2. The van der Waals surface area contributed by atoms with E-state index in [0.29, 0.717) is 5.56 Å². The summed E-state index contributed by atoms with van der Waals surface area (Å²) in [4.78, 5) is 0. The summed E-state index contributed by atoms with van der Waals surface area (Å²) in [6.45, 7) is -0.941. The van der Waals surface area contributed by atoms with E-state index in [0.717, 1.165) is 0 Å². The molecule has 6 heteroatoms. The molecular weight excluding hydrogens is 264 g/mol. The van der Waals surface area contributed by atoms with E-state index in [4.69, 9.17) is 28.3 Å². The molecule has 0 radical (unpaired) electrons. The highest BCUT2D eigenvalue weighted by atomic mass is 35.5. The molecule has 0 saturated heterocycles. The molecule has 1 atom stereocenters. The molecule has 0 fully saturated rings. The van der Waals surface area contributed by atoms with E-state index in [-0.39, 0.29) is 16.5 Å². The van der Waals surface area contributed by atoms with Crippen molar-refractivity contribution in [3.8, 4) is 0 Å². The number of rotatable bonds is 3. The molecule has 0 aliphatic rings. The summed E-state index contributed by atoms with van der Waals surface area (Å²) < 4.78 is 37.1. The zero-order valence-electron chi connectivity index (χ0n) is 8.06. The monoisotopic (exact) mass is 272 g/mol. The molecule has 0 heterocycles. The van der Waals surface area contributed by atoms with Crippen LogP contribution in [-0.2, 0) is 6.42 Å². The van der Waals surface area contributed by atoms with Gasteiger partial charge in [-0.15, -0.1) is 0 Å². The highest BCUT2D eigenvalue weighted by Crippen LogP contribution is 2.30. The number of benzene rings is 1. The third-order valence-electron chi connectivity index (χ3n) is 2.15. The summed E-state index contributed by atoms with van der Waals surface area (Å²) in [6, 6.07) is 4.27. The van der Waals surface area contributed by atoms with Crippen LogP contribution in [0.15, 0.2) is 18.2 Å². The van der Waals surface area contributed by atoms with Crippen molar-refractivity contribution in [2.75, 3.05) is 6.61 Å². The average Bonchev–Trinajstić information content (AvgIpc) is 2.18. The van der Waals surface area contributed by atoms with Crippen LogP contribution < -0.4 is 0 Å². The first-order valence-electron chi connectivity index (χ1n) is 4.46. The van der Waals surface area contributed by atoms with Crippen LogP contribution in [0, 0.1) is 5.92 Å². The van der Waals surface area contributed by atoms with Crippen LogP contribution in [0.25, 0.3) is 0 Å². The Balaban J connectivity index is 2.83. The highest BCUT2D eigenvalue weighted by molar-refractivity contribution is 6.42. The van der Waals surface area contributed by atoms with Crippen LogP contribution in [0.5, 0.6) is 0 Å². The lowest BCUT2D eigenvalue weighted by molar-refractivity contribution is -0.183. The molecule has 0 aliphatic heterocycles. The second-order valence-corrected chi connectivity index (χ2v) is 4.19. The molecule has 90 valence electrons. The van der Waals surface area contributed by atoms with Gasteiger partial charge in [0.1, 0.15) is 0 Å². The van der Waals surface area contributed by atoms with Crippen LogP contribution in [0.2, 0.25) is 10.0 Å². The van der Waals surface area contributed by atoms with Crippen LogP contribution in [-0.4, -0.2) is 17.9 Å². The van der Waals surface area contributed by atoms with Crippen LogP contribution in [0.4, 0.5) is 13.2 Å². The Labute approximate surface area is 101 Å². The van der Waals surface area contributed by atoms with E-state index < -0.39 is 18.7 Å². The van der Waals surface area contributed by atoms with Crippen molar-refractivity contribution in [1.29, 1.82) is 0 Å². The van der Waals surface area contributed by atoms with Gasteiger partial charge in [0, 0.05) is 0 Å². The van der Waals surface area contributed by atoms with Crippen molar-refractivity contribution < 1.29 is 18.3 Å². The molecule has 0 aromatic heterocycles. The average molecular weight is 273 g/mol. The molecule has 1 nitrogen and oxygen atoms in total. The van der Waals surface area contributed by atoms with E-state index in [9.17, 15) is 13.2 Å². The summed E-state index contributed by atoms with van der Waals surface area (Å²) in [7, 11) is 0. The number of hydrogen-bond donors (Lipinski definition) is 1. The Morgan fingerprint density at radius 1 is 1.19 bits per heavy atom. The predicted molar refractivity (Wildman–Crippen MR) is 56.8 cm³/mol. The quantitative estimate of drug-likeness (QED) is 0.890. The molecule has 1 aromatic carbocycles. The molecule has 0 saturated carbocycles. The molecule has 16 heavy (non-hydrogen) atoms. The highest BCUT2D eigenvalue weighted by Gasteiger charge is 2.38. The van der Waals surface area contributed by atoms with Gasteiger partial charge in [-0.3, -0.25) is 0 Å². The van der Waals surface area contributed by atoms with Gasteiger partial charge in [-0.25, -0.2) is 0 Å². The maximum atomic E-state index is 12.4. The molecule has 1 unspecified atom stereocenters. The maximum Gasteiger partial charge on any atom is 0.394 e. The van der Waals surface area contributed by atoms with Gasteiger partial charge >= 0.3 is 6.18 Å². The number of hydrogen-bond acceptors (Lipinski definition) is 1. The smallest absolute Gasteiger partial charge is 0.394 e. The van der Waals surface area contributed by atoms with Gasteiger partial charge in [0.05, 0.1) is 22.6 Å². The van der Waals surface area contributed by atoms with Crippen molar-refractivity contribution >= 4 is 23.2 Å². The summed E-state index contributed by atoms with van der Waals surface area (Å²) in [5, 5.41) is 9.16. The number of aliphatic hydroxyl groups excluding tert-OH is 1. The van der Waals surface area contributed by atoms with Crippen LogP contribution in [0.3, 0.4) is 0 Å². The largest absolute Gasteiger partial charge is 0.396 e. The fourth-order valence-electron chi connectivity index (χ4n) is 1.23. The maximum absolute atomic E-state index is 12.4. The summed E-state index contributed by atoms with van der Waals surface area (Å²) in [5.41, 5.74) is 0.394. The molecule has 1 N–H and O–H groups in total. The SMILES string of the molecule is OCC(Cc1ccc(Cl)c(Cl)c1)C(F)(F)F. The number of aliphatic hydroxyl groups is 1. The zero-order valence-corrected chi connectivity index (χ0v) is 9.57. The summed E-state index contributed by atoms with van der Waals surface area (Å²) in [5.74, 6) is -1.77. The summed E-state index contributed by atoms with van der Waals surface area (Å²) in [6.07, 6.45) is -4.72.